The Bertz CT molecular complexity index is 213. The molecule has 1 N–H and O–H groups in total. The standard InChI is InChI=1S/C13H26N2/c1-13(2)7-6-11(9-13)14-10-12-5-4-8-15(12)3/h11-12,14H,4-10H2,1-3H3. The lowest BCUT2D eigenvalue weighted by Gasteiger charge is -2.23. The smallest absolute Gasteiger partial charge is 0.0218 e. The summed E-state index contributed by atoms with van der Waals surface area (Å²) < 4.78 is 0. The highest BCUT2D eigenvalue weighted by molar-refractivity contribution is 4.88. The molecule has 0 radical (unpaired) electrons. The van der Waals surface area contributed by atoms with Gasteiger partial charge in [-0.3, -0.25) is 0 Å². The molecule has 2 unspecified atom stereocenters. The predicted molar refractivity (Wildman–Crippen MR) is 65.1 cm³/mol. The quantitative estimate of drug-likeness (QED) is 0.768. The fraction of sp³-hybridized carbons (Fsp3) is 1.00. The Morgan fingerprint density at radius 1 is 1.33 bits per heavy atom. The van der Waals surface area contributed by atoms with E-state index in [1.807, 2.05) is 0 Å². The van der Waals surface area contributed by atoms with Crippen LogP contribution in [0.5, 0.6) is 0 Å². The molecule has 2 aliphatic rings. The second-order valence-electron chi connectivity index (χ2n) is 6.29. The summed E-state index contributed by atoms with van der Waals surface area (Å²) >= 11 is 0. The molecule has 1 aliphatic heterocycles. The normalized spacial score (nSPS) is 36.2. The summed E-state index contributed by atoms with van der Waals surface area (Å²) in [7, 11) is 2.26. The zero-order valence-electron chi connectivity index (χ0n) is 10.6. The molecular formula is C13H26N2. The minimum atomic E-state index is 0.583. The Morgan fingerprint density at radius 3 is 2.67 bits per heavy atom. The third-order valence-electron chi connectivity index (χ3n) is 4.28. The lowest BCUT2D eigenvalue weighted by Crippen LogP contribution is -2.39. The van der Waals surface area contributed by atoms with E-state index in [0.29, 0.717) is 5.41 Å². The maximum Gasteiger partial charge on any atom is 0.0218 e. The van der Waals surface area contributed by atoms with Gasteiger partial charge < -0.3 is 10.2 Å². The summed E-state index contributed by atoms with van der Waals surface area (Å²) in [6.45, 7) is 7.30. The third kappa shape index (κ3) is 2.94. The fourth-order valence-corrected chi connectivity index (χ4v) is 3.15. The molecule has 2 fully saturated rings. The van der Waals surface area contributed by atoms with Gasteiger partial charge in [0, 0.05) is 18.6 Å². The van der Waals surface area contributed by atoms with Crippen molar-refractivity contribution in [1.29, 1.82) is 0 Å². The van der Waals surface area contributed by atoms with Crippen molar-refractivity contribution < 1.29 is 0 Å². The van der Waals surface area contributed by atoms with E-state index in [0.717, 1.165) is 12.1 Å². The topological polar surface area (TPSA) is 15.3 Å². The number of likely N-dealkylation sites (tertiary alicyclic amines) is 1. The van der Waals surface area contributed by atoms with Gasteiger partial charge in [0.1, 0.15) is 0 Å². The van der Waals surface area contributed by atoms with Gasteiger partial charge in [-0.25, -0.2) is 0 Å². The van der Waals surface area contributed by atoms with Gasteiger partial charge in [-0.05, 0) is 51.1 Å². The van der Waals surface area contributed by atoms with Crippen molar-refractivity contribution >= 4 is 0 Å². The largest absolute Gasteiger partial charge is 0.312 e. The molecule has 2 heteroatoms. The Kier molecular flexibility index (Phi) is 3.36. The Balaban J connectivity index is 1.70. The highest BCUT2D eigenvalue weighted by Crippen LogP contribution is 2.36. The number of rotatable bonds is 3. The van der Waals surface area contributed by atoms with Crippen LogP contribution in [0.1, 0.15) is 46.0 Å². The van der Waals surface area contributed by atoms with E-state index in [9.17, 15) is 0 Å². The van der Waals surface area contributed by atoms with Crippen LogP contribution in [-0.4, -0.2) is 37.1 Å². The van der Waals surface area contributed by atoms with Gasteiger partial charge >= 0.3 is 0 Å². The molecule has 2 rings (SSSR count). The molecule has 2 nitrogen and oxygen atoms in total. The minimum absolute atomic E-state index is 0.583. The summed E-state index contributed by atoms with van der Waals surface area (Å²) in [6.07, 6.45) is 6.91. The summed E-state index contributed by atoms with van der Waals surface area (Å²) in [6, 6.07) is 1.59. The molecule has 0 bridgehead atoms. The molecule has 15 heavy (non-hydrogen) atoms. The average Bonchev–Trinajstić information content (AvgIpc) is 2.69. The van der Waals surface area contributed by atoms with Crippen LogP contribution in [0.25, 0.3) is 0 Å². The van der Waals surface area contributed by atoms with Crippen LogP contribution < -0.4 is 5.32 Å². The molecule has 1 saturated carbocycles. The fourth-order valence-electron chi connectivity index (χ4n) is 3.15. The van der Waals surface area contributed by atoms with Crippen LogP contribution in [0.15, 0.2) is 0 Å². The molecule has 0 amide bonds. The first kappa shape index (κ1) is 11.4. The number of likely N-dealkylation sites (N-methyl/N-ethyl adjacent to an activating group) is 1. The van der Waals surface area contributed by atoms with Crippen molar-refractivity contribution in [3.05, 3.63) is 0 Å². The van der Waals surface area contributed by atoms with Gasteiger partial charge in [0.05, 0.1) is 0 Å². The van der Waals surface area contributed by atoms with E-state index in [1.165, 1.54) is 45.2 Å². The second kappa shape index (κ2) is 4.42. The summed E-state index contributed by atoms with van der Waals surface area (Å²) in [5, 5.41) is 3.77. The van der Waals surface area contributed by atoms with Gasteiger partial charge in [0.15, 0.2) is 0 Å². The molecule has 1 saturated heterocycles. The van der Waals surface area contributed by atoms with E-state index in [1.54, 1.807) is 0 Å². The van der Waals surface area contributed by atoms with Crippen LogP contribution in [0.3, 0.4) is 0 Å². The molecule has 0 aromatic heterocycles. The third-order valence-corrected chi connectivity index (χ3v) is 4.28. The number of nitrogens with zero attached hydrogens (tertiary/aromatic N) is 1. The van der Waals surface area contributed by atoms with E-state index in [2.05, 4.69) is 31.1 Å². The Hall–Kier alpha value is -0.0800. The SMILES string of the molecule is CN1CCCC1CNC1CCC(C)(C)C1. The first-order chi connectivity index (χ1) is 7.07. The van der Waals surface area contributed by atoms with Gasteiger partial charge in [0.2, 0.25) is 0 Å². The molecule has 1 aliphatic carbocycles. The van der Waals surface area contributed by atoms with Crippen molar-refractivity contribution in [1.82, 2.24) is 10.2 Å². The monoisotopic (exact) mass is 210 g/mol. The average molecular weight is 210 g/mol. The van der Waals surface area contributed by atoms with E-state index < -0.39 is 0 Å². The molecule has 2 atom stereocenters. The summed E-state index contributed by atoms with van der Waals surface area (Å²) in [5.74, 6) is 0. The Labute approximate surface area is 94.4 Å². The highest BCUT2D eigenvalue weighted by atomic mass is 15.2. The van der Waals surface area contributed by atoms with Crippen LogP contribution in [-0.2, 0) is 0 Å². The first-order valence-corrected chi connectivity index (χ1v) is 6.50. The second-order valence-corrected chi connectivity index (χ2v) is 6.29. The lowest BCUT2D eigenvalue weighted by molar-refractivity contribution is 0.286. The van der Waals surface area contributed by atoms with Crippen LogP contribution >= 0.6 is 0 Å². The van der Waals surface area contributed by atoms with Crippen molar-refractivity contribution in [2.24, 2.45) is 5.41 Å². The van der Waals surface area contributed by atoms with Crippen molar-refractivity contribution in [3.63, 3.8) is 0 Å². The van der Waals surface area contributed by atoms with Gasteiger partial charge in [-0.1, -0.05) is 13.8 Å². The van der Waals surface area contributed by atoms with Crippen molar-refractivity contribution in [3.8, 4) is 0 Å². The molecule has 0 aromatic carbocycles. The number of hydrogen-bond acceptors (Lipinski definition) is 2. The summed E-state index contributed by atoms with van der Waals surface area (Å²) in [4.78, 5) is 2.51. The Morgan fingerprint density at radius 2 is 2.13 bits per heavy atom. The molecule has 1 heterocycles. The van der Waals surface area contributed by atoms with Crippen molar-refractivity contribution in [2.75, 3.05) is 20.1 Å². The van der Waals surface area contributed by atoms with E-state index in [-0.39, 0.29) is 0 Å². The molecule has 0 spiro atoms. The van der Waals surface area contributed by atoms with Crippen molar-refractivity contribution in [2.45, 2.75) is 58.0 Å². The molecule has 0 aromatic rings. The van der Waals surface area contributed by atoms with Gasteiger partial charge in [-0.15, -0.1) is 0 Å². The van der Waals surface area contributed by atoms with Gasteiger partial charge in [-0.2, -0.15) is 0 Å². The maximum absolute atomic E-state index is 3.77. The van der Waals surface area contributed by atoms with Crippen LogP contribution in [0.2, 0.25) is 0 Å². The lowest BCUT2D eigenvalue weighted by atomic mass is 9.92. The molecule has 88 valence electrons. The van der Waals surface area contributed by atoms with E-state index >= 15 is 0 Å². The molecular weight excluding hydrogens is 184 g/mol. The van der Waals surface area contributed by atoms with Gasteiger partial charge in [0.25, 0.3) is 0 Å². The minimum Gasteiger partial charge on any atom is -0.312 e. The van der Waals surface area contributed by atoms with E-state index in [4.69, 9.17) is 0 Å². The highest BCUT2D eigenvalue weighted by Gasteiger charge is 2.31. The van der Waals surface area contributed by atoms with Crippen LogP contribution in [0, 0.1) is 5.41 Å². The predicted octanol–water partition coefficient (Wildman–Crippen LogP) is 2.25. The first-order valence-electron chi connectivity index (χ1n) is 6.50. The summed E-state index contributed by atoms with van der Waals surface area (Å²) in [5.41, 5.74) is 0.583. The number of nitrogens with one attached hydrogen (secondary N) is 1. The maximum atomic E-state index is 3.77. The zero-order valence-corrected chi connectivity index (χ0v) is 10.6. The number of hydrogen-bond donors (Lipinski definition) is 1. The van der Waals surface area contributed by atoms with Crippen LogP contribution in [0.4, 0.5) is 0 Å². The zero-order chi connectivity index (χ0) is 10.9.